The van der Waals surface area contributed by atoms with Crippen molar-refractivity contribution >= 4 is 32.4 Å². The van der Waals surface area contributed by atoms with Crippen molar-refractivity contribution in [1.82, 2.24) is 0 Å². The Hall–Kier alpha value is -3.81. The molecule has 0 radical (unpaired) electrons. The fraction of sp³-hybridized carbons (Fsp3) is 0.0588. The van der Waals surface area contributed by atoms with E-state index < -0.39 is 0 Å². The summed E-state index contributed by atoms with van der Waals surface area (Å²) in [6.07, 6.45) is 0. The summed E-state index contributed by atoms with van der Waals surface area (Å²) in [6, 6.07) is 49.7. The highest BCUT2D eigenvalue weighted by atomic mass is 32.2. The van der Waals surface area contributed by atoms with Gasteiger partial charge in [-0.25, -0.2) is 0 Å². The van der Waals surface area contributed by atoms with Crippen molar-refractivity contribution in [3.63, 3.8) is 0 Å². The molecule has 0 aromatic heterocycles. The van der Waals surface area contributed by atoms with Gasteiger partial charge in [0.05, 0.1) is 10.9 Å². The van der Waals surface area contributed by atoms with Crippen molar-refractivity contribution in [2.45, 2.75) is 28.5 Å². The molecular formula is C34H29S+. The van der Waals surface area contributed by atoms with Gasteiger partial charge < -0.3 is 0 Å². The summed E-state index contributed by atoms with van der Waals surface area (Å²) < 4.78 is 0. The summed E-state index contributed by atoms with van der Waals surface area (Å²) in [5, 5.41) is 5.35. The van der Waals surface area contributed by atoms with Crippen LogP contribution in [0.5, 0.6) is 0 Å². The molecule has 0 amide bonds. The zero-order valence-corrected chi connectivity index (χ0v) is 21.0. The van der Waals surface area contributed by atoms with Gasteiger partial charge in [0.15, 0.2) is 14.7 Å². The number of rotatable bonds is 3. The van der Waals surface area contributed by atoms with Gasteiger partial charge in [-0.1, -0.05) is 91.0 Å². The highest BCUT2D eigenvalue weighted by Crippen LogP contribution is 2.30. The summed E-state index contributed by atoms with van der Waals surface area (Å²) in [5.41, 5.74) is 2.76. The van der Waals surface area contributed by atoms with Crippen LogP contribution in [-0.4, -0.2) is 0 Å². The molecule has 0 heterocycles. The summed E-state index contributed by atoms with van der Waals surface area (Å²) in [6.45, 7) is 4.37. The van der Waals surface area contributed by atoms with Crippen LogP contribution < -0.4 is 0 Å². The number of benzene rings is 6. The zero-order chi connectivity index (χ0) is 24.0. The highest BCUT2D eigenvalue weighted by molar-refractivity contribution is 7.97. The Morgan fingerprint density at radius 2 is 0.829 bits per heavy atom. The Bertz CT molecular complexity index is 1440. The number of hydrogen-bond donors (Lipinski definition) is 0. The maximum absolute atomic E-state index is 2.30. The molecule has 1 heteroatoms. The molecule has 0 unspecified atom stereocenters. The SMILES string of the molecule is Cc1ccc2cc3ccccc3cc2c1C.c1ccc([S+](c2ccccc2)c2ccccc2)cc1. The molecule has 0 saturated heterocycles. The molecule has 170 valence electrons. The topological polar surface area (TPSA) is 0 Å². The number of hydrogen-bond acceptors (Lipinski definition) is 0. The van der Waals surface area contributed by atoms with Crippen LogP contribution in [-0.2, 0) is 10.9 Å². The minimum Gasteiger partial charge on any atom is -0.0619 e. The quantitative estimate of drug-likeness (QED) is 0.179. The summed E-state index contributed by atoms with van der Waals surface area (Å²) in [4.78, 5) is 4.08. The third-order valence-electron chi connectivity index (χ3n) is 6.36. The maximum Gasteiger partial charge on any atom is 0.166 e. The number of fused-ring (bicyclic) bond motifs is 2. The molecule has 0 nitrogen and oxygen atoms in total. The summed E-state index contributed by atoms with van der Waals surface area (Å²) in [5.74, 6) is 0. The van der Waals surface area contributed by atoms with Gasteiger partial charge in [-0.15, -0.1) is 0 Å². The Morgan fingerprint density at radius 3 is 1.31 bits per heavy atom. The third-order valence-corrected chi connectivity index (χ3v) is 8.59. The molecule has 0 aliphatic carbocycles. The minimum atomic E-state index is -0.0146. The number of aryl methyl sites for hydroxylation is 2. The van der Waals surface area contributed by atoms with Crippen molar-refractivity contribution in [2.75, 3.05) is 0 Å². The van der Waals surface area contributed by atoms with Gasteiger partial charge >= 0.3 is 0 Å². The second kappa shape index (κ2) is 10.6. The van der Waals surface area contributed by atoms with Crippen molar-refractivity contribution < 1.29 is 0 Å². The largest absolute Gasteiger partial charge is 0.166 e. The fourth-order valence-corrected chi connectivity index (χ4v) is 6.46. The van der Waals surface area contributed by atoms with E-state index in [0.29, 0.717) is 0 Å². The van der Waals surface area contributed by atoms with Crippen LogP contribution in [0.2, 0.25) is 0 Å². The molecule has 6 rings (SSSR count). The average molecular weight is 470 g/mol. The van der Waals surface area contributed by atoms with Gasteiger partial charge in [0.1, 0.15) is 0 Å². The predicted octanol–water partition coefficient (Wildman–Crippen LogP) is 9.39. The van der Waals surface area contributed by atoms with Crippen molar-refractivity contribution in [3.05, 3.63) is 151 Å². The Morgan fingerprint density at radius 1 is 0.400 bits per heavy atom. The first-order valence-electron chi connectivity index (χ1n) is 12.0. The Labute approximate surface area is 211 Å². The lowest BCUT2D eigenvalue weighted by Gasteiger charge is -2.07. The third kappa shape index (κ3) is 5.16. The van der Waals surface area contributed by atoms with Crippen LogP contribution in [0.15, 0.2) is 154 Å². The molecular weight excluding hydrogens is 440 g/mol. The molecule has 0 aliphatic heterocycles. The first kappa shape index (κ1) is 23.0. The monoisotopic (exact) mass is 469 g/mol. The molecule has 0 atom stereocenters. The molecule has 35 heavy (non-hydrogen) atoms. The lowest BCUT2D eigenvalue weighted by Crippen LogP contribution is -2.04. The van der Waals surface area contributed by atoms with Crippen LogP contribution in [0.1, 0.15) is 11.1 Å². The minimum absolute atomic E-state index is 0.0146. The van der Waals surface area contributed by atoms with E-state index in [1.165, 1.54) is 47.4 Å². The van der Waals surface area contributed by atoms with Gasteiger partial charge in [0, 0.05) is 0 Å². The molecule has 0 saturated carbocycles. The Balaban J connectivity index is 0.000000147. The lowest BCUT2D eigenvalue weighted by atomic mass is 9.97. The van der Waals surface area contributed by atoms with E-state index in [1.54, 1.807) is 0 Å². The molecule has 0 aliphatic rings. The molecule has 6 aromatic carbocycles. The average Bonchev–Trinajstić information content (AvgIpc) is 2.92. The second-order valence-electron chi connectivity index (χ2n) is 8.67. The zero-order valence-electron chi connectivity index (χ0n) is 20.2. The molecule has 0 bridgehead atoms. The van der Waals surface area contributed by atoms with Crippen LogP contribution in [0.4, 0.5) is 0 Å². The van der Waals surface area contributed by atoms with Crippen molar-refractivity contribution in [2.24, 2.45) is 0 Å². The fourth-order valence-electron chi connectivity index (χ4n) is 4.35. The second-order valence-corrected chi connectivity index (χ2v) is 10.7. The normalized spacial score (nSPS) is 10.8. The first-order chi connectivity index (χ1) is 17.2. The van der Waals surface area contributed by atoms with E-state index in [0.717, 1.165) is 0 Å². The van der Waals surface area contributed by atoms with E-state index in [9.17, 15) is 0 Å². The van der Waals surface area contributed by atoms with Gasteiger partial charge in [0.2, 0.25) is 0 Å². The van der Waals surface area contributed by atoms with E-state index in [-0.39, 0.29) is 10.9 Å². The molecule has 6 aromatic rings. The smallest absolute Gasteiger partial charge is 0.0619 e. The summed E-state index contributed by atoms with van der Waals surface area (Å²) in [7, 11) is -0.0146. The van der Waals surface area contributed by atoms with Crippen LogP contribution in [0.25, 0.3) is 21.5 Å². The van der Waals surface area contributed by atoms with Crippen LogP contribution in [0.3, 0.4) is 0 Å². The van der Waals surface area contributed by atoms with Gasteiger partial charge in [0.25, 0.3) is 0 Å². The van der Waals surface area contributed by atoms with Gasteiger partial charge in [-0.3, -0.25) is 0 Å². The van der Waals surface area contributed by atoms with Crippen LogP contribution in [0, 0.1) is 13.8 Å². The Kier molecular flexibility index (Phi) is 6.97. The van der Waals surface area contributed by atoms with E-state index in [4.69, 9.17) is 0 Å². The lowest BCUT2D eigenvalue weighted by molar-refractivity contribution is 1.32. The molecule has 0 fully saturated rings. The van der Waals surface area contributed by atoms with Gasteiger partial charge in [-0.2, -0.15) is 0 Å². The van der Waals surface area contributed by atoms with E-state index in [1.807, 2.05) is 0 Å². The van der Waals surface area contributed by atoms with Crippen LogP contribution >= 0.6 is 0 Å². The predicted molar refractivity (Wildman–Crippen MR) is 152 cm³/mol. The van der Waals surface area contributed by atoms with E-state index >= 15 is 0 Å². The van der Waals surface area contributed by atoms with Crippen molar-refractivity contribution in [1.29, 1.82) is 0 Å². The van der Waals surface area contributed by atoms with Gasteiger partial charge in [-0.05, 0) is 95.1 Å². The highest BCUT2D eigenvalue weighted by Gasteiger charge is 2.27. The molecule has 0 N–H and O–H groups in total. The molecule has 0 spiro atoms. The van der Waals surface area contributed by atoms with E-state index in [2.05, 4.69) is 153 Å². The standard InChI is InChI=1S/C18H15S.C16H14/c1-4-10-16(11-5-1)19(17-12-6-2-7-13-17)18-14-8-3-9-15-18;1-11-7-8-15-9-13-5-3-4-6-14(13)10-16(15)12(11)2/h1-15H;3-10H,1-2H3/q+1;. The first-order valence-corrected chi connectivity index (χ1v) is 13.2. The van der Waals surface area contributed by atoms with Crippen molar-refractivity contribution in [3.8, 4) is 0 Å². The maximum atomic E-state index is 2.30. The summed E-state index contributed by atoms with van der Waals surface area (Å²) >= 11 is 0.